The third kappa shape index (κ3) is 3.05. The van der Waals surface area contributed by atoms with Gasteiger partial charge in [-0.15, -0.1) is 0 Å². The maximum absolute atomic E-state index is 10.4. The monoisotopic (exact) mass is 320 g/mol. The van der Waals surface area contributed by atoms with Gasteiger partial charge in [0, 0.05) is 27.7 Å². The van der Waals surface area contributed by atoms with Crippen LogP contribution in [-0.4, -0.2) is 24.0 Å². The number of rotatable bonds is 3. The van der Waals surface area contributed by atoms with Crippen LogP contribution in [0.2, 0.25) is 10.0 Å². The van der Waals surface area contributed by atoms with Crippen molar-refractivity contribution in [3.8, 4) is 0 Å². The Bertz CT molecular complexity index is 683. The minimum atomic E-state index is -0.776. The highest BCUT2D eigenvalue weighted by atomic mass is 35.5. The van der Waals surface area contributed by atoms with Crippen LogP contribution in [0.5, 0.6) is 0 Å². The highest BCUT2D eigenvalue weighted by Crippen LogP contribution is 2.30. The molecule has 0 bridgehead atoms. The SMILES string of the molecule is OC(c1ccc(C2=NCCN2)cc1)c1ccc(Cl)cc1Cl. The van der Waals surface area contributed by atoms with Gasteiger partial charge in [-0.05, 0) is 17.7 Å². The molecule has 0 amide bonds. The number of aliphatic hydroxyl groups is 1. The number of halogens is 2. The number of benzene rings is 2. The van der Waals surface area contributed by atoms with Gasteiger partial charge in [-0.2, -0.15) is 0 Å². The second-order valence-corrected chi connectivity index (χ2v) is 5.69. The van der Waals surface area contributed by atoms with Crippen molar-refractivity contribution < 1.29 is 5.11 Å². The largest absolute Gasteiger partial charge is 0.384 e. The van der Waals surface area contributed by atoms with E-state index in [-0.39, 0.29) is 0 Å². The molecule has 5 heteroatoms. The predicted octanol–water partition coefficient (Wildman–Crippen LogP) is 3.42. The third-order valence-electron chi connectivity index (χ3n) is 3.43. The van der Waals surface area contributed by atoms with Gasteiger partial charge in [0.25, 0.3) is 0 Å². The molecule has 1 aliphatic heterocycles. The van der Waals surface area contributed by atoms with Gasteiger partial charge in [-0.1, -0.05) is 53.5 Å². The van der Waals surface area contributed by atoms with E-state index in [1.165, 1.54) is 0 Å². The molecule has 1 heterocycles. The van der Waals surface area contributed by atoms with E-state index in [4.69, 9.17) is 23.2 Å². The van der Waals surface area contributed by atoms with Gasteiger partial charge in [0.05, 0.1) is 6.54 Å². The van der Waals surface area contributed by atoms with E-state index < -0.39 is 6.10 Å². The molecule has 2 aromatic carbocycles. The molecule has 0 fully saturated rings. The topological polar surface area (TPSA) is 44.6 Å². The van der Waals surface area contributed by atoms with Gasteiger partial charge < -0.3 is 10.4 Å². The third-order valence-corrected chi connectivity index (χ3v) is 3.99. The Labute approximate surface area is 133 Å². The number of aliphatic imine (C=N–C) groups is 1. The number of hydrogen-bond donors (Lipinski definition) is 2. The average Bonchev–Trinajstić information content (AvgIpc) is 3.01. The van der Waals surface area contributed by atoms with E-state index in [0.29, 0.717) is 15.6 Å². The van der Waals surface area contributed by atoms with Crippen LogP contribution in [0, 0.1) is 0 Å². The van der Waals surface area contributed by atoms with Crippen molar-refractivity contribution in [2.45, 2.75) is 6.10 Å². The fourth-order valence-electron chi connectivity index (χ4n) is 2.32. The van der Waals surface area contributed by atoms with Crippen molar-refractivity contribution in [2.24, 2.45) is 4.99 Å². The van der Waals surface area contributed by atoms with Gasteiger partial charge in [0.1, 0.15) is 11.9 Å². The molecular formula is C16H14Cl2N2O. The van der Waals surface area contributed by atoms with Gasteiger partial charge in [-0.3, -0.25) is 4.99 Å². The molecule has 3 rings (SSSR count). The molecule has 1 aliphatic rings. The average molecular weight is 321 g/mol. The summed E-state index contributed by atoms with van der Waals surface area (Å²) in [6.45, 7) is 1.68. The van der Waals surface area contributed by atoms with E-state index in [1.807, 2.05) is 24.3 Å². The molecule has 1 unspecified atom stereocenters. The number of hydrogen-bond acceptors (Lipinski definition) is 3. The maximum Gasteiger partial charge on any atom is 0.128 e. The van der Waals surface area contributed by atoms with E-state index in [1.54, 1.807) is 18.2 Å². The van der Waals surface area contributed by atoms with Crippen LogP contribution in [0.1, 0.15) is 22.8 Å². The second kappa shape index (κ2) is 6.06. The van der Waals surface area contributed by atoms with Crippen LogP contribution in [0.3, 0.4) is 0 Å². The summed E-state index contributed by atoms with van der Waals surface area (Å²) in [7, 11) is 0. The summed E-state index contributed by atoms with van der Waals surface area (Å²) < 4.78 is 0. The predicted molar refractivity (Wildman–Crippen MR) is 86.4 cm³/mol. The molecule has 21 heavy (non-hydrogen) atoms. The van der Waals surface area contributed by atoms with Gasteiger partial charge in [-0.25, -0.2) is 0 Å². The number of amidine groups is 1. The quantitative estimate of drug-likeness (QED) is 0.910. The fraction of sp³-hybridized carbons (Fsp3) is 0.188. The van der Waals surface area contributed by atoms with Crippen LogP contribution >= 0.6 is 23.2 Å². The van der Waals surface area contributed by atoms with Crippen molar-refractivity contribution in [3.63, 3.8) is 0 Å². The van der Waals surface area contributed by atoms with Crippen molar-refractivity contribution >= 4 is 29.0 Å². The summed E-state index contributed by atoms with van der Waals surface area (Å²) in [4.78, 5) is 4.37. The molecule has 0 saturated carbocycles. The number of nitrogens with one attached hydrogen (secondary N) is 1. The summed E-state index contributed by atoms with van der Waals surface area (Å²) in [6.07, 6.45) is -0.776. The Balaban J connectivity index is 1.86. The first-order valence-electron chi connectivity index (χ1n) is 6.67. The van der Waals surface area contributed by atoms with Crippen LogP contribution in [0.15, 0.2) is 47.5 Å². The van der Waals surface area contributed by atoms with Crippen molar-refractivity contribution in [1.82, 2.24) is 5.32 Å². The Morgan fingerprint density at radius 3 is 2.48 bits per heavy atom. The zero-order valence-electron chi connectivity index (χ0n) is 11.2. The second-order valence-electron chi connectivity index (χ2n) is 4.85. The first-order valence-corrected chi connectivity index (χ1v) is 7.42. The van der Waals surface area contributed by atoms with Gasteiger partial charge >= 0.3 is 0 Å². The molecule has 0 aliphatic carbocycles. The first-order chi connectivity index (χ1) is 10.1. The van der Waals surface area contributed by atoms with Crippen LogP contribution in [-0.2, 0) is 0 Å². The Hall–Kier alpha value is -1.55. The molecular weight excluding hydrogens is 307 g/mol. The Morgan fingerprint density at radius 2 is 1.86 bits per heavy atom. The summed E-state index contributed by atoms with van der Waals surface area (Å²) >= 11 is 12.0. The smallest absolute Gasteiger partial charge is 0.128 e. The van der Waals surface area contributed by atoms with E-state index in [2.05, 4.69) is 10.3 Å². The Morgan fingerprint density at radius 1 is 1.10 bits per heavy atom. The first kappa shape index (κ1) is 14.4. The highest BCUT2D eigenvalue weighted by molar-refractivity contribution is 6.35. The number of nitrogens with zero attached hydrogens (tertiary/aromatic N) is 1. The molecule has 0 radical (unpaired) electrons. The summed E-state index contributed by atoms with van der Waals surface area (Å²) in [6, 6.07) is 12.7. The standard InChI is InChI=1S/C16H14Cl2N2O/c17-12-5-6-13(14(18)9-12)15(21)10-1-3-11(4-2-10)16-19-7-8-20-16/h1-6,9,15,21H,7-8H2,(H,19,20). The molecule has 0 saturated heterocycles. The van der Waals surface area contributed by atoms with E-state index >= 15 is 0 Å². The lowest BCUT2D eigenvalue weighted by Crippen LogP contribution is -2.19. The zero-order valence-corrected chi connectivity index (χ0v) is 12.7. The Kier molecular flexibility index (Phi) is 4.15. The molecule has 2 N–H and O–H groups in total. The summed E-state index contributed by atoms with van der Waals surface area (Å²) in [5.41, 5.74) is 2.44. The molecule has 0 spiro atoms. The molecule has 108 valence electrons. The molecule has 0 aromatic heterocycles. The number of aliphatic hydroxyl groups excluding tert-OH is 1. The van der Waals surface area contributed by atoms with Crippen LogP contribution < -0.4 is 5.32 Å². The molecule has 2 aromatic rings. The van der Waals surface area contributed by atoms with Crippen molar-refractivity contribution in [1.29, 1.82) is 0 Å². The molecule has 3 nitrogen and oxygen atoms in total. The minimum Gasteiger partial charge on any atom is -0.384 e. The molecule has 1 atom stereocenters. The lowest BCUT2D eigenvalue weighted by molar-refractivity contribution is 0.220. The van der Waals surface area contributed by atoms with Crippen molar-refractivity contribution in [3.05, 3.63) is 69.2 Å². The van der Waals surface area contributed by atoms with Crippen molar-refractivity contribution in [2.75, 3.05) is 13.1 Å². The summed E-state index contributed by atoms with van der Waals surface area (Å²) in [5, 5.41) is 14.7. The van der Waals surface area contributed by atoms with Gasteiger partial charge in [0.2, 0.25) is 0 Å². The van der Waals surface area contributed by atoms with E-state index in [0.717, 1.165) is 30.1 Å². The minimum absolute atomic E-state index is 0.459. The zero-order chi connectivity index (χ0) is 14.8. The maximum atomic E-state index is 10.4. The lowest BCUT2D eigenvalue weighted by atomic mass is 10.00. The van der Waals surface area contributed by atoms with E-state index in [9.17, 15) is 5.11 Å². The fourth-order valence-corrected chi connectivity index (χ4v) is 2.83. The normalized spacial score (nSPS) is 15.5. The van der Waals surface area contributed by atoms with Crippen LogP contribution in [0.25, 0.3) is 0 Å². The lowest BCUT2D eigenvalue weighted by Gasteiger charge is -2.14. The highest BCUT2D eigenvalue weighted by Gasteiger charge is 2.15. The van der Waals surface area contributed by atoms with Gasteiger partial charge in [0.15, 0.2) is 0 Å². The summed E-state index contributed by atoms with van der Waals surface area (Å²) in [5.74, 6) is 0.903. The van der Waals surface area contributed by atoms with Crippen LogP contribution in [0.4, 0.5) is 0 Å².